The van der Waals surface area contributed by atoms with E-state index in [-0.39, 0.29) is 17.3 Å². The molecule has 0 aliphatic carbocycles. The molecular formula is C11H21N5OS. The molecule has 1 unspecified atom stereocenters. The van der Waals surface area contributed by atoms with Crippen molar-refractivity contribution in [2.24, 2.45) is 11.6 Å². The van der Waals surface area contributed by atoms with E-state index in [0.29, 0.717) is 0 Å². The van der Waals surface area contributed by atoms with Gasteiger partial charge in [-0.1, -0.05) is 13.0 Å². The minimum atomic E-state index is -0.578. The Labute approximate surface area is 111 Å². The molecule has 2 rings (SSSR count). The zero-order valence-electron chi connectivity index (χ0n) is 10.4. The number of amides is 2. The Morgan fingerprint density at radius 2 is 2.39 bits per heavy atom. The minimum Gasteiger partial charge on any atom is -0.331 e. The number of nitrogens with one attached hydrogen (secondary N) is 3. The molecule has 2 heterocycles. The van der Waals surface area contributed by atoms with Crippen molar-refractivity contribution in [2.45, 2.75) is 42.6 Å². The SMILES string of the molecule is C=C(CCCCC1SC[C@@H]2NC(=O)N[C@]12N)NN. The highest BCUT2D eigenvalue weighted by Gasteiger charge is 2.53. The number of hydrazine groups is 1. The van der Waals surface area contributed by atoms with Crippen LogP contribution in [-0.4, -0.2) is 28.7 Å². The van der Waals surface area contributed by atoms with E-state index in [9.17, 15) is 4.79 Å². The fourth-order valence-corrected chi connectivity index (χ4v) is 4.11. The van der Waals surface area contributed by atoms with Crippen LogP contribution >= 0.6 is 11.8 Å². The first-order valence-electron chi connectivity index (χ1n) is 6.20. The number of rotatable bonds is 6. The summed E-state index contributed by atoms with van der Waals surface area (Å²) in [5.41, 5.74) is 9.13. The molecule has 2 saturated heterocycles. The van der Waals surface area contributed by atoms with E-state index in [4.69, 9.17) is 11.6 Å². The van der Waals surface area contributed by atoms with Crippen molar-refractivity contribution in [3.8, 4) is 0 Å². The summed E-state index contributed by atoms with van der Waals surface area (Å²) in [4.78, 5) is 11.3. The maximum Gasteiger partial charge on any atom is 0.316 e. The predicted octanol–water partition coefficient (Wildman–Crippen LogP) is -0.0244. The Balaban J connectivity index is 1.77. The summed E-state index contributed by atoms with van der Waals surface area (Å²) < 4.78 is 0. The lowest BCUT2D eigenvalue weighted by atomic mass is 9.96. The van der Waals surface area contributed by atoms with E-state index in [1.54, 1.807) is 0 Å². The van der Waals surface area contributed by atoms with Crippen molar-refractivity contribution in [1.29, 1.82) is 0 Å². The van der Waals surface area contributed by atoms with Gasteiger partial charge in [0.25, 0.3) is 0 Å². The molecule has 3 atom stereocenters. The molecule has 2 aliphatic rings. The molecule has 6 nitrogen and oxygen atoms in total. The van der Waals surface area contributed by atoms with Crippen LogP contribution in [0.1, 0.15) is 25.7 Å². The van der Waals surface area contributed by atoms with E-state index in [2.05, 4.69) is 22.6 Å². The monoisotopic (exact) mass is 271 g/mol. The van der Waals surface area contributed by atoms with Gasteiger partial charge in [0.15, 0.2) is 0 Å². The molecule has 0 bridgehead atoms. The van der Waals surface area contributed by atoms with Gasteiger partial charge in [-0.25, -0.2) is 4.79 Å². The number of carbonyl (C=O) groups excluding carboxylic acids is 1. The van der Waals surface area contributed by atoms with Gasteiger partial charge >= 0.3 is 6.03 Å². The molecule has 2 amide bonds. The van der Waals surface area contributed by atoms with Crippen LogP contribution in [0, 0.1) is 0 Å². The summed E-state index contributed by atoms with van der Waals surface area (Å²) in [6.07, 6.45) is 3.96. The van der Waals surface area contributed by atoms with Gasteiger partial charge in [0.1, 0.15) is 5.66 Å². The Bertz CT molecular complexity index is 350. The summed E-state index contributed by atoms with van der Waals surface area (Å²) in [5.74, 6) is 6.14. The first-order valence-corrected chi connectivity index (χ1v) is 7.24. The van der Waals surface area contributed by atoms with Crippen LogP contribution in [0.5, 0.6) is 0 Å². The molecule has 0 saturated carbocycles. The number of hydrogen-bond donors (Lipinski definition) is 5. The van der Waals surface area contributed by atoms with Gasteiger partial charge in [-0.15, -0.1) is 0 Å². The third-order valence-corrected chi connectivity index (χ3v) is 5.16. The van der Waals surface area contributed by atoms with Crippen molar-refractivity contribution in [3.63, 3.8) is 0 Å². The summed E-state index contributed by atoms with van der Waals surface area (Å²) in [6, 6.07) is -0.0887. The zero-order chi connectivity index (χ0) is 13.2. The molecule has 0 aromatic carbocycles. The fourth-order valence-electron chi connectivity index (χ4n) is 2.49. The highest BCUT2D eigenvalue weighted by atomic mass is 32.2. The molecule has 0 aromatic heterocycles. The number of nitrogens with two attached hydrogens (primary N) is 2. The lowest BCUT2D eigenvalue weighted by Gasteiger charge is -2.29. The van der Waals surface area contributed by atoms with E-state index in [1.165, 1.54) is 0 Å². The molecule has 7 heteroatoms. The standard InChI is InChI=1S/C11H21N5OS/c1-7(16-13)4-2-3-5-9-11(12)8(6-18-9)14-10(17)15-11/h8-9,16H,1-6,12-13H2,(H2,14,15,17)/t8-,9?,11-/m0/s1. The minimum absolute atomic E-state index is 0.0562. The van der Waals surface area contributed by atoms with Crippen LogP contribution in [0.4, 0.5) is 4.79 Å². The molecule has 18 heavy (non-hydrogen) atoms. The topological polar surface area (TPSA) is 105 Å². The molecule has 0 aromatic rings. The van der Waals surface area contributed by atoms with E-state index >= 15 is 0 Å². The van der Waals surface area contributed by atoms with Gasteiger partial charge < -0.3 is 21.8 Å². The van der Waals surface area contributed by atoms with Gasteiger partial charge in [-0.05, 0) is 19.3 Å². The lowest BCUT2D eigenvalue weighted by Crippen LogP contribution is -2.61. The van der Waals surface area contributed by atoms with Gasteiger partial charge in [0.05, 0.1) is 6.04 Å². The van der Waals surface area contributed by atoms with Gasteiger partial charge in [-0.2, -0.15) is 11.8 Å². The quantitative estimate of drug-likeness (QED) is 0.202. The number of hydrogen-bond acceptors (Lipinski definition) is 5. The van der Waals surface area contributed by atoms with Crippen molar-refractivity contribution in [1.82, 2.24) is 16.1 Å². The Morgan fingerprint density at radius 3 is 3.11 bits per heavy atom. The summed E-state index contributed by atoms with van der Waals surface area (Å²) in [7, 11) is 0. The molecule has 102 valence electrons. The van der Waals surface area contributed by atoms with Crippen LogP contribution in [0.3, 0.4) is 0 Å². The first-order chi connectivity index (χ1) is 8.56. The molecule has 0 spiro atoms. The lowest BCUT2D eigenvalue weighted by molar-refractivity contribution is 0.244. The second-order valence-corrected chi connectivity index (χ2v) is 6.14. The maximum atomic E-state index is 11.3. The van der Waals surface area contributed by atoms with E-state index < -0.39 is 5.66 Å². The number of fused-ring (bicyclic) bond motifs is 1. The van der Waals surface area contributed by atoms with Gasteiger partial charge in [0.2, 0.25) is 0 Å². The molecule has 2 aliphatic heterocycles. The summed E-state index contributed by atoms with van der Waals surface area (Å²) in [6.45, 7) is 3.79. The van der Waals surface area contributed by atoms with E-state index in [1.807, 2.05) is 11.8 Å². The highest BCUT2D eigenvalue weighted by molar-refractivity contribution is 8.00. The number of allylic oxidation sites excluding steroid dienone is 1. The molecular weight excluding hydrogens is 250 g/mol. The number of urea groups is 1. The average molecular weight is 271 g/mol. The van der Waals surface area contributed by atoms with Gasteiger partial charge in [-0.3, -0.25) is 5.84 Å². The van der Waals surface area contributed by atoms with Crippen LogP contribution in [-0.2, 0) is 0 Å². The van der Waals surface area contributed by atoms with E-state index in [0.717, 1.165) is 37.1 Å². The average Bonchev–Trinajstić information content (AvgIpc) is 2.77. The normalized spacial score (nSPS) is 33.8. The third-order valence-electron chi connectivity index (χ3n) is 3.61. The molecule has 2 fully saturated rings. The Kier molecular flexibility index (Phi) is 4.04. The third kappa shape index (κ3) is 2.57. The number of unbranched alkanes of at least 4 members (excludes halogenated alkanes) is 1. The van der Waals surface area contributed by atoms with Crippen LogP contribution in [0.15, 0.2) is 12.3 Å². The number of carbonyl (C=O) groups is 1. The first kappa shape index (κ1) is 13.5. The molecule has 7 N–H and O–H groups in total. The molecule has 0 radical (unpaired) electrons. The Morgan fingerprint density at radius 1 is 1.61 bits per heavy atom. The highest BCUT2D eigenvalue weighted by Crippen LogP contribution is 2.38. The van der Waals surface area contributed by atoms with Crippen molar-refractivity contribution < 1.29 is 4.79 Å². The maximum absolute atomic E-state index is 11.3. The fraction of sp³-hybridized carbons (Fsp3) is 0.727. The van der Waals surface area contributed by atoms with Crippen LogP contribution < -0.4 is 27.6 Å². The second-order valence-electron chi connectivity index (χ2n) is 4.90. The van der Waals surface area contributed by atoms with Gasteiger partial charge in [0, 0.05) is 16.7 Å². The number of thioether (sulfide) groups is 1. The van der Waals surface area contributed by atoms with Crippen molar-refractivity contribution in [2.75, 3.05) is 5.75 Å². The summed E-state index contributed by atoms with van der Waals surface area (Å²) in [5, 5.41) is 6.01. The Hall–Kier alpha value is -0.920. The second kappa shape index (κ2) is 5.38. The van der Waals surface area contributed by atoms with Crippen molar-refractivity contribution >= 4 is 17.8 Å². The zero-order valence-corrected chi connectivity index (χ0v) is 11.2. The smallest absolute Gasteiger partial charge is 0.316 e. The predicted molar refractivity (Wildman–Crippen MR) is 73.6 cm³/mol. The summed E-state index contributed by atoms with van der Waals surface area (Å²) >= 11 is 1.83. The van der Waals surface area contributed by atoms with Crippen molar-refractivity contribution in [3.05, 3.63) is 12.3 Å². The largest absolute Gasteiger partial charge is 0.331 e. The van der Waals surface area contributed by atoms with Crippen LogP contribution in [0.25, 0.3) is 0 Å². The van der Waals surface area contributed by atoms with Crippen LogP contribution in [0.2, 0.25) is 0 Å².